The van der Waals surface area contributed by atoms with E-state index in [1.54, 1.807) is 42.1 Å². The Balaban J connectivity index is 1.91. The summed E-state index contributed by atoms with van der Waals surface area (Å²) in [5, 5.41) is 2.96. The lowest BCUT2D eigenvalue weighted by Gasteiger charge is -2.31. The first-order valence-corrected chi connectivity index (χ1v) is 11.1. The molecule has 0 aromatic heterocycles. The van der Waals surface area contributed by atoms with Gasteiger partial charge in [-0.05, 0) is 25.0 Å². The topological polar surface area (TPSA) is 66.5 Å². The Morgan fingerprint density at radius 2 is 1.96 bits per heavy atom. The minimum atomic E-state index is -3.52. The van der Waals surface area contributed by atoms with Crippen molar-refractivity contribution in [3.8, 4) is 0 Å². The van der Waals surface area contributed by atoms with Gasteiger partial charge in [-0.1, -0.05) is 39.0 Å². The maximum Gasteiger partial charge on any atom is 0.243 e. The minimum Gasteiger partial charge on any atom is -0.355 e. The number of rotatable bonds is 6. The average Bonchev–Trinajstić information content (AvgIpc) is 2.58. The highest BCUT2D eigenvalue weighted by molar-refractivity contribution is 8.00. The molecule has 1 aromatic carbocycles. The summed E-state index contributed by atoms with van der Waals surface area (Å²) in [6, 6.07) is 8.42. The van der Waals surface area contributed by atoms with Crippen LogP contribution in [0.15, 0.2) is 35.2 Å². The lowest BCUT2D eigenvalue weighted by molar-refractivity contribution is -0.125. The van der Waals surface area contributed by atoms with Gasteiger partial charge >= 0.3 is 0 Å². The summed E-state index contributed by atoms with van der Waals surface area (Å²) in [5.74, 6) is 0.544. The Bertz CT molecular complexity index is 669. The van der Waals surface area contributed by atoms with Crippen molar-refractivity contribution in [2.24, 2.45) is 5.92 Å². The van der Waals surface area contributed by atoms with E-state index in [1.165, 1.54) is 4.31 Å². The van der Waals surface area contributed by atoms with Crippen molar-refractivity contribution in [2.75, 3.05) is 25.4 Å². The fourth-order valence-corrected chi connectivity index (χ4v) is 5.15. The average molecular weight is 385 g/mol. The molecule has 0 bridgehead atoms. The van der Waals surface area contributed by atoms with Gasteiger partial charge in [0.1, 0.15) is 0 Å². The maximum atomic E-state index is 12.7. The van der Waals surface area contributed by atoms with Crippen LogP contribution in [0.5, 0.6) is 0 Å². The fraction of sp³-hybridized carbons (Fsp3) is 0.611. The number of carbonyl (C=O) groups is 1. The van der Waals surface area contributed by atoms with E-state index in [-0.39, 0.29) is 28.0 Å². The number of hydrogen-bond donors (Lipinski definition) is 1. The summed E-state index contributed by atoms with van der Waals surface area (Å²) in [7, 11) is -3.52. The number of piperidine rings is 1. The number of nitrogens with one attached hydrogen (secondary N) is 1. The zero-order valence-electron chi connectivity index (χ0n) is 15.2. The van der Waals surface area contributed by atoms with Gasteiger partial charge in [-0.25, -0.2) is 8.42 Å². The first-order valence-electron chi connectivity index (χ1n) is 8.67. The molecule has 1 saturated heterocycles. The van der Waals surface area contributed by atoms with E-state index in [9.17, 15) is 13.2 Å². The number of thioether (sulfide) groups is 1. The van der Waals surface area contributed by atoms with Gasteiger partial charge in [-0.2, -0.15) is 16.1 Å². The van der Waals surface area contributed by atoms with E-state index in [1.807, 2.05) is 0 Å². The largest absolute Gasteiger partial charge is 0.355 e. The maximum absolute atomic E-state index is 12.7. The van der Waals surface area contributed by atoms with E-state index < -0.39 is 10.0 Å². The summed E-state index contributed by atoms with van der Waals surface area (Å²) < 4.78 is 27.1. The lowest BCUT2D eigenvalue weighted by atomic mass is 9.99. The van der Waals surface area contributed by atoms with Crippen LogP contribution in [-0.4, -0.2) is 48.8 Å². The molecule has 1 amide bonds. The number of sulfonamides is 1. The first-order chi connectivity index (χ1) is 11.7. The second kappa shape index (κ2) is 8.56. The van der Waals surface area contributed by atoms with Gasteiger partial charge in [0.15, 0.2) is 0 Å². The summed E-state index contributed by atoms with van der Waals surface area (Å²) in [6.07, 6.45) is 1.44. The van der Waals surface area contributed by atoms with Crippen LogP contribution in [0.3, 0.4) is 0 Å². The molecule has 0 aliphatic carbocycles. The van der Waals surface area contributed by atoms with Gasteiger partial charge in [-0.3, -0.25) is 4.79 Å². The molecule has 7 heteroatoms. The molecule has 1 fully saturated rings. The molecule has 1 aliphatic heterocycles. The third kappa shape index (κ3) is 6.01. The Labute approximate surface area is 155 Å². The molecule has 1 aromatic rings. The van der Waals surface area contributed by atoms with Crippen LogP contribution in [0.4, 0.5) is 0 Å². The Hall–Kier alpha value is -1.05. The molecular weight excluding hydrogens is 356 g/mol. The second-order valence-corrected chi connectivity index (χ2v) is 11.1. The predicted molar refractivity (Wildman–Crippen MR) is 103 cm³/mol. The molecule has 0 saturated carbocycles. The number of nitrogens with zero attached hydrogens (tertiary/aromatic N) is 1. The number of amides is 1. The Morgan fingerprint density at radius 1 is 1.28 bits per heavy atom. The van der Waals surface area contributed by atoms with E-state index in [0.717, 1.165) is 12.2 Å². The summed E-state index contributed by atoms with van der Waals surface area (Å²) >= 11 is 1.80. The monoisotopic (exact) mass is 384 g/mol. The van der Waals surface area contributed by atoms with Crippen LogP contribution in [0.1, 0.15) is 33.6 Å². The van der Waals surface area contributed by atoms with Crippen LogP contribution in [0.2, 0.25) is 0 Å². The molecule has 0 radical (unpaired) electrons. The van der Waals surface area contributed by atoms with Gasteiger partial charge in [0.25, 0.3) is 0 Å². The normalized spacial score (nSPS) is 19.6. The van der Waals surface area contributed by atoms with Crippen molar-refractivity contribution in [1.82, 2.24) is 9.62 Å². The molecular formula is C18H28N2O3S2. The van der Waals surface area contributed by atoms with Crippen LogP contribution in [-0.2, 0) is 14.8 Å². The second-order valence-electron chi connectivity index (χ2n) is 7.27. The van der Waals surface area contributed by atoms with E-state index in [0.29, 0.717) is 19.5 Å². The van der Waals surface area contributed by atoms with Crippen molar-refractivity contribution in [3.05, 3.63) is 30.3 Å². The van der Waals surface area contributed by atoms with E-state index >= 15 is 0 Å². The molecule has 1 heterocycles. The van der Waals surface area contributed by atoms with Gasteiger partial charge < -0.3 is 5.32 Å². The van der Waals surface area contributed by atoms with Crippen molar-refractivity contribution in [3.63, 3.8) is 0 Å². The highest BCUT2D eigenvalue weighted by Crippen LogP contribution is 2.24. The molecule has 25 heavy (non-hydrogen) atoms. The zero-order chi connectivity index (χ0) is 18.5. The molecule has 5 nitrogen and oxygen atoms in total. The highest BCUT2D eigenvalue weighted by Gasteiger charge is 2.33. The van der Waals surface area contributed by atoms with Crippen LogP contribution < -0.4 is 5.32 Å². The standard InChI is InChI=1S/C18H28N2O3S2/c1-18(2,3)24-13-11-19-17(21)15-8-7-12-20(14-15)25(22,23)16-9-5-4-6-10-16/h4-6,9-10,15H,7-8,11-14H2,1-3H3,(H,19,21)/t15-/m0/s1. The zero-order valence-corrected chi connectivity index (χ0v) is 16.8. The first kappa shape index (κ1) is 20.3. The Kier molecular flexibility index (Phi) is 6.93. The van der Waals surface area contributed by atoms with E-state index in [2.05, 4.69) is 26.1 Å². The Morgan fingerprint density at radius 3 is 2.60 bits per heavy atom. The van der Waals surface area contributed by atoms with Gasteiger partial charge in [0.2, 0.25) is 15.9 Å². The predicted octanol–water partition coefficient (Wildman–Crippen LogP) is 2.74. The molecule has 1 aliphatic rings. The molecule has 2 rings (SSSR count). The quantitative estimate of drug-likeness (QED) is 0.766. The van der Waals surface area contributed by atoms with Gasteiger partial charge in [0, 0.05) is 30.1 Å². The van der Waals surface area contributed by atoms with Gasteiger partial charge in [-0.15, -0.1) is 0 Å². The highest BCUT2D eigenvalue weighted by atomic mass is 32.2. The van der Waals surface area contributed by atoms with Crippen molar-refractivity contribution >= 4 is 27.7 Å². The molecule has 140 valence electrons. The SMILES string of the molecule is CC(C)(C)SCCNC(=O)[C@H]1CCCN(S(=O)(=O)c2ccccc2)C1. The number of carbonyl (C=O) groups excluding carboxylic acids is 1. The van der Waals surface area contributed by atoms with Crippen LogP contribution in [0.25, 0.3) is 0 Å². The summed E-state index contributed by atoms with van der Waals surface area (Å²) in [4.78, 5) is 12.7. The third-order valence-corrected chi connectivity index (χ3v) is 7.23. The van der Waals surface area contributed by atoms with E-state index in [4.69, 9.17) is 0 Å². The van der Waals surface area contributed by atoms with Crippen LogP contribution >= 0.6 is 11.8 Å². The molecule has 0 spiro atoms. The third-order valence-electron chi connectivity index (χ3n) is 4.07. The number of benzene rings is 1. The minimum absolute atomic E-state index is 0.0394. The fourth-order valence-electron chi connectivity index (χ4n) is 2.79. The molecule has 1 atom stereocenters. The summed E-state index contributed by atoms with van der Waals surface area (Å²) in [5.41, 5.74) is 0. The van der Waals surface area contributed by atoms with Gasteiger partial charge in [0.05, 0.1) is 10.8 Å². The van der Waals surface area contributed by atoms with Crippen molar-refractivity contribution in [1.29, 1.82) is 0 Å². The lowest BCUT2D eigenvalue weighted by Crippen LogP contribution is -2.45. The van der Waals surface area contributed by atoms with Crippen LogP contribution in [0, 0.1) is 5.92 Å². The number of hydrogen-bond acceptors (Lipinski definition) is 4. The molecule has 0 unspecified atom stereocenters. The van der Waals surface area contributed by atoms with Crippen molar-refractivity contribution < 1.29 is 13.2 Å². The van der Waals surface area contributed by atoms with Crippen molar-refractivity contribution in [2.45, 2.75) is 43.3 Å². The smallest absolute Gasteiger partial charge is 0.243 e. The molecule has 1 N–H and O–H groups in total. The summed E-state index contributed by atoms with van der Waals surface area (Å²) in [6.45, 7) is 7.78.